The Morgan fingerprint density at radius 3 is 2.61 bits per heavy atom. The molecule has 0 radical (unpaired) electrons. The van der Waals surface area contributed by atoms with Crippen molar-refractivity contribution in [2.75, 3.05) is 31.7 Å². The number of anilines is 2. The minimum atomic E-state index is -0.222. The van der Waals surface area contributed by atoms with Crippen LogP contribution >= 0.6 is 22.6 Å². The van der Waals surface area contributed by atoms with Crippen LogP contribution in [0.3, 0.4) is 0 Å². The largest absolute Gasteiger partial charge is 0.397 e. The number of benzene rings is 1. The van der Waals surface area contributed by atoms with Gasteiger partial charge in [-0.3, -0.25) is 0 Å². The number of hydrogen-bond donors (Lipinski definition) is 2. The van der Waals surface area contributed by atoms with Gasteiger partial charge in [0.15, 0.2) is 0 Å². The van der Waals surface area contributed by atoms with Gasteiger partial charge in [0.05, 0.1) is 14.9 Å². The predicted molar refractivity (Wildman–Crippen MR) is 82.3 cm³/mol. The van der Waals surface area contributed by atoms with Crippen LogP contribution in [0.2, 0.25) is 0 Å². The van der Waals surface area contributed by atoms with E-state index in [0.29, 0.717) is 14.9 Å². The van der Waals surface area contributed by atoms with Crippen LogP contribution in [-0.4, -0.2) is 31.1 Å². The van der Waals surface area contributed by atoms with E-state index >= 15 is 0 Å². The normalized spacial score (nSPS) is 17.6. The van der Waals surface area contributed by atoms with Gasteiger partial charge < -0.3 is 16.0 Å². The molecule has 0 bridgehead atoms. The smallest absolute Gasteiger partial charge is 0.138 e. The van der Waals surface area contributed by atoms with Crippen LogP contribution in [0.15, 0.2) is 12.1 Å². The second kappa shape index (κ2) is 5.21. The van der Waals surface area contributed by atoms with Gasteiger partial charge in [0.25, 0.3) is 0 Å². The summed E-state index contributed by atoms with van der Waals surface area (Å²) in [6.07, 6.45) is 3.62. The third-order valence-electron chi connectivity index (χ3n) is 3.93. The van der Waals surface area contributed by atoms with E-state index in [-0.39, 0.29) is 11.4 Å². The molecule has 1 aromatic rings. The second-order valence-electron chi connectivity index (χ2n) is 5.18. The van der Waals surface area contributed by atoms with Crippen LogP contribution in [0.1, 0.15) is 19.3 Å². The molecular formula is C13H19FIN3. The van der Waals surface area contributed by atoms with E-state index in [9.17, 15) is 4.39 Å². The monoisotopic (exact) mass is 363 g/mol. The molecular weight excluding hydrogens is 344 g/mol. The summed E-state index contributed by atoms with van der Waals surface area (Å²) < 4.78 is 14.1. The summed E-state index contributed by atoms with van der Waals surface area (Å²) in [6.45, 7) is 0.810. The summed E-state index contributed by atoms with van der Waals surface area (Å²) in [7, 11) is 4.19. The first-order chi connectivity index (χ1) is 8.44. The molecule has 0 atom stereocenters. The molecule has 100 valence electrons. The Morgan fingerprint density at radius 1 is 1.44 bits per heavy atom. The van der Waals surface area contributed by atoms with Crippen molar-refractivity contribution in [2.45, 2.75) is 24.8 Å². The van der Waals surface area contributed by atoms with Crippen LogP contribution in [0.4, 0.5) is 15.8 Å². The Labute approximate surface area is 121 Å². The maximum atomic E-state index is 13.5. The summed E-state index contributed by atoms with van der Waals surface area (Å²) in [6, 6.07) is 3.15. The van der Waals surface area contributed by atoms with E-state index < -0.39 is 0 Å². The molecule has 1 fully saturated rings. The van der Waals surface area contributed by atoms with Crippen molar-refractivity contribution in [3.05, 3.63) is 21.5 Å². The molecule has 0 heterocycles. The number of nitrogens with one attached hydrogen (secondary N) is 1. The number of nitrogens with two attached hydrogens (primary N) is 1. The van der Waals surface area contributed by atoms with Gasteiger partial charge in [0.1, 0.15) is 5.82 Å². The molecule has 0 unspecified atom stereocenters. The highest BCUT2D eigenvalue weighted by Gasteiger charge is 2.38. The third-order valence-corrected chi connectivity index (χ3v) is 4.76. The molecule has 0 aromatic heterocycles. The zero-order valence-corrected chi connectivity index (χ0v) is 12.9. The number of halogens is 2. The van der Waals surface area contributed by atoms with Crippen LogP contribution < -0.4 is 11.1 Å². The molecule has 1 aromatic carbocycles. The minimum Gasteiger partial charge on any atom is -0.397 e. The molecule has 0 spiro atoms. The van der Waals surface area contributed by atoms with Crippen molar-refractivity contribution < 1.29 is 4.39 Å². The highest BCUT2D eigenvalue weighted by atomic mass is 127. The maximum Gasteiger partial charge on any atom is 0.138 e. The number of nitrogen functional groups attached to an aromatic ring is 1. The van der Waals surface area contributed by atoms with Crippen LogP contribution in [0, 0.1) is 9.39 Å². The van der Waals surface area contributed by atoms with Gasteiger partial charge in [-0.2, -0.15) is 0 Å². The van der Waals surface area contributed by atoms with E-state index in [4.69, 9.17) is 5.73 Å². The van der Waals surface area contributed by atoms with E-state index in [1.807, 2.05) is 22.6 Å². The Morgan fingerprint density at radius 2 is 2.11 bits per heavy atom. The fraction of sp³-hybridized carbons (Fsp3) is 0.538. The van der Waals surface area contributed by atoms with Gasteiger partial charge in [-0.25, -0.2) is 4.39 Å². The van der Waals surface area contributed by atoms with Gasteiger partial charge in [0.2, 0.25) is 0 Å². The average Bonchev–Trinajstić information content (AvgIpc) is 2.23. The molecule has 0 amide bonds. The fourth-order valence-corrected chi connectivity index (χ4v) is 2.83. The molecule has 1 aliphatic rings. The van der Waals surface area contributed by atoms with Crippen molar-refractivity contribution in [3.8, 4) is 0 Å². The Bertz CT molecular complexity index is 444. The van der Waals surface area contributed by atoms with E-state index in [2.05, 4.69) is 24.3 Å². The Kier molecular flexibility index (Phi) is 4.01. The van der Waals surface area contributed by atoms with Gasteiger partial charge >= 0.3 is 0 Å². The van der Waals surface area contributed by atoms with Crippen molar-refractivity contribution in [1.29, 1.82) is 0 Å². The number of nitrogens with zero attached hydrogens (tertiary/aromatic N) is 1. The van der Waals surface area contributed by atoms with Crippen molar-refractivity contribution in [1.82, 2.24) is 4.90 Å². The molecule has 5 heteroatoms. The third kappa shape index (κ3) is 2.56. The number of rotatable bonds is 4. The van der Waals surface area contributed by atoms with Crippen molar-refractivity contribution in [2.24, 2.45) is 0 Å². The standard InChI is InChI=1S/C13H19FIN3/c1-18(2)13(4-3-5-13)8-17-12-6-9(14)10(15)7-11(12)16/h6-7,17H,3-5,8,16H2,1-2H3. The van der Waals surface area contributed by atoms with E-state index in [1.165, 1.54) is 25.3 Å². The topological polar surface area (TPSA) is 41.3 Å². The lowest BCUT2D eigenvalue weighted by atomic mass is 9.75. The molecule has 3 N–H and O–H groups in total. The van der Waals surface area contributed by atoms with Gasteiger partial charge in [-0.05, 0) is 62.0 Å². The maximum absolute atomic E-state index is 13.5. The Hall–Kier alpha value is -0.560. The molecule has 0 saturated heterocycles. The lowest BCUT2D eigenvalue weighted by Gasteiger charge is -2.47. The molecule has 2 rings (SSSR count). The van der Waals surface area contributed by atoms with Gasteiger partial charge in [0, 0.05) is 18.2 Å². The van der Waals surface area contributed by atoms with Crippen molar-refractivity contribution >= 4 is 34.0 Å². The number of hydrogen-bond acceptors (Lipinski definition) is 3. The molecule has 1 saturated carbocycles. The van der Waals surface area contributed by atoms with Crippen LogP contribution in [0.5, 0.6) is 0 Å². The number of likely N-dealkylation sites (N-methyl/N-ethyl adjacent to an activating group) is 1. The zero-order valence-electron chi connectivity index (χ0n) is 10.8. The first-order valence-electron chi connectivity index (χ1n) is 6.10. The van der Waals surface area contributed by atoms with E-state index in [0.717, 1.165) is 6.54 Å². The highest BCUT2D eigenvalue weighted by Crippen LogP contribution is 2.36. The predicted octanol–water partition coefficient (Wildman–Crippen LogP) is 2.91. The van der Waals surface area contributed by atoms with Gasteiger partial charge in [-0.15, -0.1) is 0 Å². The second-order valence-corrected chi connectivity index (χ2v) is 6.34. The molecule has 0 aliphatic heterocycles. The first kappa shape index (κ1) is 13.9. The summed E-state index contributed by atoms with van der Waals surface area (Å²) >= 11 is 1.95. The lowest BCUT2D eigenvalue weighted by Crippen LogP contribution is -2.54. The minimum absolute atomic E-state index is 0.200. The fourth-order valence-electron chi connectivity index (χ4n) is 2.34. The first-order valence-corrected chi connectivity index (χ1v) is 7.18. The summed E-state index contributed by atoms with van der Waals surface area (Å²) in [5.74, 6) is -0.222. The van der Waals surface area contributed by atoms with Gasteiger partial charge in [-0.1, -0.05) is 0 Å². The summed E-state index contributed by atoms with van der Waals surface area (Å²) in [5.41, 5.74) is 7.41. The Balaban J connectivity index is 2.08. The lowest BCUT2D eigenvalue weighted by molar-refractivity contribution is 0.0739. The molecule has 18 heavy (non-hydrogen) atoms. The highest BCUT2D eigenvalue weighted by molar-refractivity contribution is 14.1. The average molecular weight is 363 g/mol. The summed E-state index contributed by atoms with van der Waals surface area (Å²) in [4.78, 5) is 2.25. The SMILES string of the molecule is CN(C)C1(CNc2cc(F)c(I)cc2N)CCC1. The zero-order chi connectivity index (χ0) is 13.3. The van der Waals surface area contributed by atoms with Crippen LogP contribution in [0.25, 0.3) is 0 Å². The summed E-state index contributed by atoms with van der Waals surface area (Å²) in [5, 5.41) is 3.30. The van der Waals surface area contributed by atoms with E-state index in [1.54, 1.807) is 6.07 Å². The van der Waals surface area contributed by atoms with Crippen molar-refractivity contribution in [3.63, 3.8) is 0 Å². The quantitative estimate of drug-likeness (QED) is 0.639. The van der Waals surface area contributed by atoms with Crippen LogP contribution in [-0.2, 0) is 0 Å². The molecule has 3 nitrogen and oxygen atoms in total. The molecule has 1 aliphatic carbocycles.